The quantitative estimate of drug-likeness (QED) is 0.926. The van der Waals surface area contributed by atoms with Gasteiger partial charge in [-0.15, -0.1) is 0 Å². The van der Waals surface area contributed by atoms with Gasteiger partial charge in [0.05, 0.1) is 12.6 Å². The lowest BCUT2D eigenvalue weighted by molar-refractivity contribution is 0.0122. The summed E-state index contributed by atoms with van der Waals surface area (Å²) in [7, 11) is 0. The summed E-state index contributed by atoms with van der Waals surface area (Å²) in [4.78, 5) is 14.0. The molecular formula is C17H24N2O2. The molecule has 3 atom stereocenters. The molecular weight excluding hydrogens is 264 g/mol. The van der Waals surface area contributed by atoms with Crippen LogP contribution in [0.5, 0.6) is 0 Å². The molecule has 1 aliphatic carbocycles. The Kier molecular flexibility index (Phi) is 4.44. The summed E-state index contributed by atoms with van der Waals surface area (Å²) in [6.07, 6.45) is 3.37. The van der Waals surface area contributed by atoms with Crippen molar-refractivity contribution in [2.75, 3.05) is 13.2 Å². The van der Waals surface area contributed by atoms with E-state index in [9.17, 15) is 4.79 Å². The number of hydrogen-bond donors (Lipinski definition) is 1. The molecule has 3 fully saturated rings. The van der Waals surface area contributed by atoms with E-state index in [-0.39, 0.29) is 12.1 Å². The summed E-state index contributed by atoms with van der Waals surface area (Å²) >= 11 is 0. The number of nitrogens with one attached hydrogen (secondary N) is 1. The van der Waals surface area contributed by atoms with Crippen molar-refractivity contribution in [3.8, 4) is 0 Å². The van der Waals surface area contributed by atoms with Gasteiger partial charge >= 0.3 is 6.09 Å². The van der Waals surface area contributed by atoms with Crippen molar-refractivity contribution in [2.45, 2.75) is 44.8 Å². The molecule has 2 saturated heterocycles. The molecule has 4 nitrogen and oxygen atoms in total. The maximum atomic E-state index is 12.1. The number of amides is 1. The van der Waals surface area contributed by atoms with Gasteiger partial charge in [-0.2, -0.15) is 0 Å². The van der Waals surface area contributed by atoms with Crippen LogP contribution in [-0.4, -0.2) is 36.2 Å². The van der Waals surface area contributed by atoms with Crippen molar-refractivity contribution in [3.63, 3.8) is 0 Å². The van der Waals surface area contributed by atoms with E-state index in [0.717, 1.165) is 19.5 Å². The molecule has 0 unspecified atom stereocenters. The first-order valence-electron chi connectivity index (χ1n) is 7.98. The minimum atomic E-state index is -0.140. The number of fused-ring (bicyclic) bond motifs is 3. The SMILES string of the molecule is CCOC(=O)N1C[C@H]2CC[C@@H]1[C@@H](NCc1ccccc1)C2. The molecule has 0 aromatic heterocycles. The second-order valence-electron chi connectivity index (χ2n) is 6.07. The summed E-state index contributed by atoms with van der Waals surface area (Å²) < 4.78 is 5.20. The topological polar surface area (TPSA) is 41.6 Å². The van der Waals surface area contributed by atoms with Gasteiger partial charge < -0.3 is 15.0 Å². The zero-order valence-electron chi connectivity index (χ0n) is 12.6. The van der Waals surface area contributed by atoms with Crippen molar-refractivity contribution in [2.24, 2.45) is 5.92 Å². The maximum absolute atomic E-state index is 12.1. The molecule has 4 rings (SSSR count). The Balaban J connectivity index is 1.62. The van der Waals surface area contributed by atoms with Crippen LogP contribution < -0.4 is 5.32 Å². The highest BCUT2D eigenvalue weighted by Gasteiger charge is 2.43. The lowest BCUT2D eigenvalue weighted by atomic mass is 9.76. The Morgan fingerprint density at radius 2 is 2.14 bits per heavy atom. The van der Waals surface area contributed by atoms with Crippen LogP contribution in [0.1, 0.15) is 31.7 Å². The van der Waals surface area contributed by atoms with E-state index in [1.165, 1.54) is 18.4 Å². The van der Waals surface area contributed by atoms with Gasteiger partial charge in [0.25, 0.3) is 0 Å². The van der Waals surface area contributed by atoms with Crippen LogP contribution in [0.2, 0.25) is 0 Å². The molecule has 21 heavy (non-hydrogen) atoms. The molecule has 4 heteroatoms. The van der Waals surface area contributed by atoms with Gasteiger partial charge in [0.1, 0.15) is 0 Å². The molecule has 0 spiro atoms. The van der Waals surface area contributed by atoms with Gasteiger partial charge in [0, 0.05) is 19.1 Å². The third kappa shape index (κ3) is 3.21. The Bertz CT molecular complexity index is 477. The van der Waals surface area contributed by atoms with E-state index in [2.05, 4.69) is 29.6 Å². The van der Waals surface area contributed by atoms with Crippen LogP contribution in [0.25, 0.3) is 0 Å². The number of hydrogen-bond acceptors (Lipinski definition) is 3. The van der Waals surface area contributed by atoms with E-state index in [1.54, 1.807) is 0 Å². The predicted molar refractivity (Wildman–Crippen MR) is 81.9 cm³/mol. The molecule has 1 saturated carbocycles. The molecule has 2 aliphatic heterocycles. The highest BCUT2D eigenvalue weighted by molar-refractivity contribution is 5.68. The third-order valence-corrected chi connectivity index (χ3v) is 4.69. The highest BCUT2D eigenvalue weighted by Crippen LogP contribution is 2.35. The Hall–Kier alpha value is -1.55. The molecule has 114 valence electrons. The first-order chi connectivity index (χ1) is 10.3. The van der Waals surface area contributed by atoms with E-state index in [0.29, 0.717) is 18.6 Å². The largest absolute Gasteiger partial charge is 0.450 e. The average molecular weight is 288 g/mol. The van der Waals surface area contributed by atoms with Crippen LogP contribution >= 0.6 is 0 Å². The number of benzene rings is 1. The Morgan fingerprint density at radius 1 is 1.33 bits per heavy atom. The normalized spacial score (nSPS) is 27.7. The first kappa shape index (κ1) is 14.4. The van der Waals surface area contributed by atoms with Crippen molar-refractivity contribution in [1.29, 1.82) is 0 Å². The fourth-order valence-electron chi connectivity index (χ4n) is 3.67. The summed E-state index contributed by atoms with van der Waals surface area (Å²) in [5, 5.41) is 3.65. The second-order valence-corrected chi connectivity index (χ2v) is 6.07. The van der Waals surface area contributed by atoms with Gasteiger partial charge in [-0.25, -0.2) is 4.79 Å². The monoisotopic (exact) mass is 288 g/mol. The lowest BCUT2D eigenvalue weighted by Crippen LogP contribution is -2.61. The number of nitrogens with zero attached hydrogens (tertiary/aromatic N) is 1. The van der Waals surface area contributed by atoms with Gasteiger partial charge in [-0.05, 0) is 37.7 Å². The zero-order chi connectivity index (χ0) is 14.7. The summed E-state index contributed by atoms with van der Waals surface area (Å²) in [6, 6.07) is 11.1. The summed E-state index contributed by atoms with van der Waals surface area (Å²) in [6.45, 7) is 4.05. The zero-order valence-corrected chi connectivity index (χ0v) is 12.6. The molecule has 2 heterocycles. The van der Waals surface area contributed by atoms with Crippen molar-refractivity contribution in [3.05, 3.63) is 35.9 Å². The predicted octanol–water partition coefficient (Wildman–Crippen LogP) is 2.79. The molecule has 0 radical (unpaired) electrons. The smallest absolute Gasteiger partial charge is 0.410 e. The summed E-state index contributed by atoms with van der Waals surface area (Å²) in [5.74, 6) is 0.618. The number of carbonyl (C=O) groups is 1. The fraction of sp³-hybridized carbons (Fsp3) is 0.588. The Labute approximate surface area is 126 Å². The minimum Gasteiger partial charge on any atom is -0.450 e. The summed E-state index contributed by atoms with van der Waals surface area (Å²) in [5.41, 5.74) is 1.29. The maximum Gasteiger partial charge on any atom is 0.410 e. The number of carbonyl (C=O) groups excluding carboxylic acids is 1. The van der Waals surface area contributed by atoms with E-state index < -0.39 is 0 Å². The molecule has 2 bridgehead atoms. The average Bonchev–Trinajstić information content (AvgIpc) is 2.54. The first-order valence-corrected chi connectivity index (χ1v) is 7.98. The van der Waals surface area contributed by atoms with Crippen LogP contribution in [0, 0.1) is 5.92 Å². The minimum absolute atomic E-state index is 0.140. The van der Waals surface area contributed by atoms with Gasteiger partial charge in [-0.1, -0.05) is 30.3 Å². The number of piperidine rings is 2. The highest BCUT2D eigenvalue weighted by atomic mass is 16.6. The Morgan fingerprint density at radius 3 is 2.86 bits per heavy atom. The van der Waals surface area contributed by atoms with Crippen LogP contribution in [0.3, 0.4) is 0 Å². The number of rotatable bonds is 4. The molecule has 1 N–H and O–H groups in total. The van der Waals surface area contributed by atoms with Gasteiger partial charge in [-0.3, -0.25) is 0 Å². The van der Waals surface area contributed by atoms with E-state index >= 15 is 0 Å². The number of ether oxygens (including phenoxy) is 1. The molecule has 1 aromatic carbocycles. The second kappa shape index (κ2) is 6.48. The van der Waals surface area contributed by atoms with Crippen LogP contribution in [0.4, 0.5) is 4.79 Å². The lowest BCUT2D eigenvalue weighted by Gasteiger charge is -2.49. The van der Waals surface area contributed by atoms with Crippen molar-refractivity contribution >= 4 is 6.09 Å². The van der Waals surface area contributed by atoms with E-state index in [1.807, 2.05) is 17.9 Å². The van der Waals surface area contributed by atoms with Crippen molar-refractivity contribution < 1.29 is 9.53 Å². The fourth-order valence-corrected chi connectivity index (χ4v) is 3.67. The molecule has 1 aromatic rings. The van der Waals surface area contributed by atoms with Gasteiger partial charge in [0.15, 0.2) is 0 Å². The molecule has 3 aliphatic rings. The van der Waals surface area contributed by atoms with Crippen LogP contribution in [-0.2, 0) is 11.3 Å². The van der Waals surface area contributed by atoms with Crippen LogP contribution in [0.15, 0.2) is 30.3 Å². The molecule has 1 amide bonds. The van der Waals surface area contributed by atoms with Crippen molar-refractivity contribution in [1.82, 2.24) is 10.2 Å². The standard InChI is InChI=1S/C17H24N2O2/c1-2-21-17(20)19-12-14-8-9-16(19)15(10-14)18-11-13-6-4-3-5-7-13/h3-7,14-16,18H,2,8-12H2,1H3/t14-,15-,16+/m0/s1. The van der Waals surface area contributed by atoms with Gasteiger partial charge in [0.2, 0.25) is 0 Å². The van der Waals surface area contributed by atoms with E-state index in [4.69, 9.17) is 4.74 Å². The third-order valence-electron chi connectivity index (χ3n) is 4.69.